The predicted molar refractivity (Wildman–Crippen MR) is 121 cm³/mol. The number of nitrogens with zero attached hydrogens (tertiary/aromatic N) is 3. The molecule has 0 aromatic carbocycles. The molecule has 0 bridgehead atoms. The van der Waals surface area contributed by atoms with E-state index in [-0.39, 0.29) is 23.4 Å². The minimum Gasteiger partial charge on any atom is -0.481 e. The molecule has 9 N–H and O–H groups in total. The Morgan fingerprint density at radius 1 is 1.29 bits per heavy atom. The zero-order valence-electron chi connectivity index (χ0n) is 18.3. The third-order valence-corrected chi connectivity index (χ3v) is 5.72. The normalized spacial score (nSPS) is 23.2. The zero-order chi connectivity index (χ0) is 24.8. The molecular formula is C19H29N7O7S. The second-order valence-electron chi connectivity index (χ2n) is 7.93. The average molecular weight is 500 g/mol. The van der Waals surface area contributed by atoms with Gasteiger partial charge in [0.1, 0.15) is 29.5 Å². The Morgan fingerprint density at radius 3 is 2.71 bits per heavy atom. The van der Waals surface area contributed by atoms with E-state index in [0.717, 1.165) is 0 Å². The average Bonchev–Trinajstić information content (AvgIpc) is 3.35. The van der Waals surface area contributed by atoms with E-state index >= 15 is 0 Å². The van der Waals surface area contributed by atoms with Crippen molar-refractivity contribution >= 4 is 41.2 Å². The topological polar surface area (TPSA) is 221 Å². The molecule has 0 spiro atoms. The van der Waals surface area contributed by atoms with E-state index in [1.807, 2.05) is 0 Å². The number of H-pyrrole nitrogens is 1. The van der Waals surface area contributed by atoms with Crippen molar-refractivity contribution in [3.05, 3.63) is 11.0 Å². The van der Waals surface area contributed by atoms with Crippen LogP contribution in [0.5, 0.6) is 0 Å². The van der Waals surface area contributed by atoms with E-state index < -0.39 is 43.2 Å². The number of carboxylic acids is 1. The Balaban J connectivity index is 1.52. The van der Waals surface area contributed by atoms with Crippen molar-refractivity contribution in [3.63, 3.8) is 0 Å². The molecule has 34 heavy (non-hydrogen) atoms. The standard InChI is InChI=1S/C19H29N7O7S/c20-9(3-4-11(28)29)16(32)21-5-1-2-6-22-19-24-15-12(17(34)25-19)23-8-26(15)18-14(31)13(30)10(7-27)33-18/h8-10,13-14,18,27,30-31H,1-7,20H2,(H,21,32)(H,28,29)(H2,22,24,25,34)/t9?,10-,13-,14-,18-/m1/s1. The first kappa shape index (κ1) is 25.9. The first-order chi connectivity index (χ1) is 16.2. The van der Waals surface area contributed by atoms with Gasteiger partial charge in [-0.05, 0) is 19.3 Å². The van der Waals surface area contributed by atoms with E-state index in [1.54, 1.807) is 0 Å². The van der Waals surface area contributed by atoms with Gasteiger partial charge in [-0.1, -0.05) is 12.2 Å². The van der Waals surface area contributed by atoms with Gasteiger partial charge in [0.15, 0.2) is 10.9 Å². The summed E-state index contributed by atoms with van der Waals surface area (Å²) in [6.45, 7) is 0.453. The lowest BCUT2D eigenvalue weighted by Gasteiger charge is -2.17. The number of anilines is 1. The fourth-order valence-corrected chi connectivity index (χ4v) is 3.77. The largest absolute Gasteiger partial charge is 0.481 e. The Labute approximate surface area is 199 Å². The summed E-state index contributed by atoms with van der Waals surface area (Å²) in [5.74, 6) is -1.02. The van der Waals surface area contributed by atoms with Gasteiger partial charge in [-0.3, -0.25) is 14.2 Å². The summed E-state index contributed by atoms with van der Waals surface area (Å²) < 4.78 is 7.28. The molecule has 2 aromatic rings. The van der Waals surface area contributed by atoms with Crippen LogP contribution in [0.2, 0.25) is 0 Å². The minimum atomic E-state index is -1.27. The van der Waals surface area contributed by atoms with E-state index in [2.05, 4.69) is 25.6 Å². The Morgan fingerprint density at radius 2 is 2.03 bits per heavy atom. The fraction of sp³-hybridized carbons (Fsp3) is 0.632. The highest BCUT2D eigenvalue weighted by molar-refractivity contribution is 7.71. The van der Waals surface area contributed by atoms with Crippen LogP contribution in [0.25, 0.3) is 11.2 Å². The molecule has 14 nitrogen and oxygen atoms in total. The molecule has 1 amide bonds. The first-order valence-corrected chi connectivity index (χ1v) is 11.2. The van der Waals surface area contributed by atoms with Gasteiger partial charge in [0.2, 0.25) is 11.9 Å². The molecule has 15 heteroatoms. The lowest BCUT2D eigenvalue weighted by Crippen LogP contribution is -2.41. The van der Waals surface area contributed by atoms with Gasteiger partial charge in [-0.15, -0.1) is 0 Å². The van der Waals surface area contributed by atoms with Gasteiger partial charge in [-0.25, -0.2) is 9.97 Å². The number of aromatic amines is 1. The van der Waals surface area contributed by atoms with E-state index in [9.17, 15) is 24.9 Å². The second-order valence-corrected chi connectivity index (χ2v) is 8.32. The van der Waals surface area contributed by atoms with Crippen molar-refractivity contribution in [1.29, 1.82) is 0 Å². The lowest BCUT2D eigenvalue weighted by molar-refractivity contribution is -0.137. The maximum Gasteiger partial charge on any atom is 0.303 e. The number of unbranched alkanes of at least 4 members (excludes halogenated alkanes) is 1. The van der Waals surface area contributed by atoms with Crippen molar-refractivity contribution < 1.29 is 34.8 Å². The number of carbonyl (C=O) groups excluding carboxylic acids is 1. The number of carboxylic acid groups (broad SMARTS) is 1. The number of carbonyl (C=O) groups is 2. The van der Waals surface area contributed by atoms with Crippen LogP contribution >= 0.6 is 12.2 Å². The van der Waals surface area contributed by atoms with Crippen molar-refractivity contribution in [2.45, 2.75) is 56.3 Å². The molecular weight excluding hydrogens is 470 g/mol. The predicted octanol–water partition coefficient (Wildman–Crippen LogP) is -1.40. The van der Waals surface area contributed by atoms with Gasteiger partial charge < -0.3 is 46.5 Å². The molecule has 1 aliphatic heterocycles. The molecule has 1 saturated heterocycles. The number of amides is 1. The molecule has 2 aromatic heterocycles. The summed E-state index contributed by atoms with van der Waals surface area (Å²) in [5.41, 5.74) is 6.47. The van der Waals surface area contributed by atoms with Crippen LogP contribution in [0.15, 0.2) is 6.33 Å². The van der Waals surface area contributed by atoms with Crippen LogP contribution in [-0.4, -0.2) is 95.9 Å². The summed E-state index contributed by atoms with van der Waals surface area (Å²) in [5, 5.41) is 44.1. The number of rotatable bonds is 12. The molecule has 0 aliphatic carbocycles. The number of hydrogen-bond acceptors (Lipinski definition) is 11. The number of ether oxygens (including phenoxy) is 1. The van der Waals surface area contributed by atoms with Crippen LogP contribution < -0.4 is 16.4 Å². The smallest absolute Gasteiger partial charge is 0.303 e. The molecule has 0 saturated carbocycles. The highest BCUT2D eigenvalue weighted by Crippen LogP contribution is 2.31. The molecule has 1 unspecified atom stereocenters. The summed E-state index contributed by atoms with van der Waals surface area (Å²) in [7, 11) is 0. The van der Waals surface area contributed by atoms with Crippen LogP contribution in [0.3, 0.4) is 0 Å². The molecule has 3 rings (SSSR count). The molecule has 1 fully saturated rings. The van der Waals surface area contributed by atoms with Crippen LogP contribution in [0.4, 0.5) is 5.95 Å². The number of aliphatic hydroxyl groups is 3. The number of aliphatic hydroxyl groups excluding tert-OH is 3. The molecule has 0 radical (unpaired) electrons. The third kappa shape index (κ3) is 6.05. The molecule has 5 atom stereocenters. The maximum atomic E-state index is 11.8. The van der Waals surface area contributed by atoms with E-state index in [4.69, 9.17) is 27.8 Å². The number of aliphatic carboxylic acids is 1. The summed E-state index contributed by atoms with van der Waals surface area (Å²) in [6.07, 6.45) is -1.76. The maximum absolute atomic E-state index is 11.8. The number of aromatic nitrogens is 4. The fourth-order valence-electron chi connectivity index (χ4n) is 3.53. The first-order valence-electron chi connectivity index (χ1n) is 10.8. The highest BCUT2D eigenvalue weighted by Gasteiger charge is 2.43. The summed E-state index contributed by atoms with van der Waals surface area (Å²) in [6, 6.07) is -0.855. The van der Waals surface area contributed by atoms with Gasteiger partial charge in [0.25, 0.3) is 0 Å². The lowest BCUT2D eigenvalue weighted by atomic mass is 10.1. The second kappa shape index (κ2) is 11.6. The SMILES string of the molecule is NC(CCC(=O)O)C(=O)NCCCCNc1nc(=S)c2ncn([C@@H]3O[C@H](CO)[C@@H](O)[C@H]3O)c2[nH]1. The Kier molecular flexibility index (Phi) is 8.87. The van der Waals surface area contributed by atoms with Crippen LogP contribution in [0.1, 0.15) is 31.9 Å². The highest BCUT2D eigenvalue weighted by atomic mass is 32.1. The quantitative estimate of drug-likeness (QED) is 0.125. The van der Waals surface area contributed by atoms with Crippen molar-refractivity contribution in [2.75, 3.05) is 25.0 Å². The van der Waals surface area contributed by atoms with E-state index in [1.165, 1.54) is 10.9 Å². The van der Waals surface area contributed by atoms with Crippen molar-refractivity contribution in [2.24, 2.45) is 5.73 Å². The van der Waals surface area contributed by atoms with Crippen LogP contribution in [-0.2, 0) is 14.3 Å². The minimum absolute atomic E-state index is 0.0786. The van der Waals surface area contributed by atoms with Crippen LogP contribution in [0, 0.1) is 4.64 Å². The van der Waals surface area contributed by atoms with Gasteiger partial charge >= 0.3 is 5.97 Å². The Hall–Kier alpha value is -2.69. The molecule has 3 heterocycles. The number of fused-ring (bicyclic) bond motifs is 1. The zero-order valence-corrected chi connectivity index (χ0v) is 19.1. The molecule has 1 aliphatic rings. The summed E-state index contributed by atoms with van der Waals surface area (Å²) >= 11 is 5.30. The van der Waals surface area contributed by atoms with Gasteiger partial charge in [0.05, 0.1) is 19.0 Å². The van der Waals surface area contributed by atoms with Gasteiger partial charge in [0, 0.05) is 19.5 Å². The van der Waals surface area contributed by atoms with Gasteiger partial charge in [-0.2, -0.15) is 0 Å². The monoisotopic (exact) mass is 499 g/mol. The van der Waals surface area contributed by atoms with Crippen molar-refractivity contribution in [1.82, 2.24) is 24.8 Å². The third-order valence-electron chi connectivity index (χ3n) is 5.44. The summed E-state index contributed by atoms with van der Waals surface area (Å²) in [4.78, 5) is 33.9. The number of nitrogens with one attached hydrogen (secondary N) is 3. The number of hydrogen-bond donors (Lipinski definition) is 8. The molecule has 188 valence electrons. The number of imidazole rings is 1. The van der Waals surface area contributed by atoms with E-state index in [0.29, 0.717) is 43.0 Å². The Bertz CT molecular complexity index is 1060. The number of nitrogens with two attached hydrogens (primary N) is 1. The van der Waals surface area contributed by atoms with Crippen molar-refractivity contribution in [3.8, 4) is 0 Å².